The van der Waals surface area contributed by atoms with Crippen molar-refractivity contribution < 1.29 is 28.6 Å². The van der Waals surface area contributed by atoms with E-state index in [2.05, 4.69) is 11.0 Å². The second kappa shape index (κ2) is 12.6. The van der Waals surface area contributed by atoms with Crippen LogP contribution in [0.25, 0.3) is 17.0 Å². The summed E-state index contributed by atoms with van der Waals surface area (Å²) in [6.07, 6.45) is 9.16. The second-order valence-electron chi connectivity index (χ2n) is 13.1. The summed E-state index contributed by atoms with van der Waals surface area (Å²) in [6, 6.07) is 11.7. The van der Waals surface area contributed by atoms with Crippen LogP contribution in [0.3, 0.4) is 0 Å². The van der Waals surface area contributed by atoms with Crippen LogP contribution in [0.4, 0.5) is 4.79 Å². The van der Waals surface area contributed by atoms with E-state index in [1.165, 1.54) is 7.11 Å². The average Bonchev–Trinajstić information content (AvgIpc) is 3.59. The molecule has 2 atom stereocenters. The van der Waals surface area contributed by atoms with Crippen LogP contribution >= 0.6 is 0 Å². The molecule has 8 nitrogen and oxygen atoms in total. The molecule has 0 radical (unpaired) electrons. The molecule has 3 aromatic rings. The van der Waals surface area contributed by atoms with Gasteiger partial charge in [-0.25, -0.2) is 9.59 Å². The molecule has 1 aliphatic carbocycles. The number of ketones is 1. The van der Waals surface area contributed by atoms with E-state index in [1.54, 1.807) is 29.2 Å². The molecular weight excluding hydrogens is 556 g/mol. The third-order valence-electron chi connectivity index (χ3n) is 9.04. The van der Waals surface area contributed by atoms with Crippen LogP contribution < -0.4 is 0 Å². The zero-order valence-electron chi connectivity index (χ0n) is 26.8. The fourth-order valence-corrected chi connectivity index (χ4v) is 6.90. The molecule has 1 aromatic heterocycles. The minimum atomic E-state index is -0.622. The molecule has 2 aromatic carbocycles. The highest BCUT2D eigenvalue weighted by Gasteiger charge is 2.47. The van der Waals surface area contributed by atoms with Crippen LogP contribution in [0.2, 0.25) is 0 Å². The Kier molecular flexibility index (Phi) is 9.02. The quantitative estimate of drug-likeness (QED) is 0.204. The van der Waals surface area contributed by atoms with Crippen LogP contribution in [-0.2, 0) is 25.5 Å². The summed E-state index contributed by atoms with van der Waals surface area (Å²) >= 11 is 0. The predicted molar refractivity (Wildman–Crippen MR) is 170 cm³/mol. The van der Waals surface area contributed by atoms with Gasteiger partial charge >= 0.3 is 12.1 Å². The molecule has 0 amide bonds. The third kappa shape index (κ3) is 6.32. The number of hydrogen-bond donors (Lipinski definition) is 0. The fourth-order valence-electron chi connectivity index (χ4n) is 6.90. The molecular formula is C36H44N2O6. The summed E-state index contributed by atoms with van der Waals surface area (Å²) in [7, 11) is 1.38. The lowest BCUT2D eigenvalue weighted by Gasteiger charge is -2.45. The summed E-state index contributed by atoms with van der Waals surface area (Å²) in [5, 5.41) is 0.976. The number of methoxy groups -OCH3 is 1. The molecule has 1 saturated heterocycles. The van der Waals surface area contributed by atoms with E-state index in [-0.39, 0.29) is 17.4 Å². The predicted octanol–water partition coefficient (Wildman–Crippen LogP) is 7.60. The van der Waals surface area contributed by atoms with Crippen LogP contribution in [0.15, 0.2) is 48.9 Å². The average molecular weight is 601 g/mol. The number of aromatic nitrogens is 1. The maximum absolute atomic E-state index is 13.2. The number of hydrogen-bond acceptors (Lipinski definition) is 7. The molecule has 1 spiro atoms. The lowest BCUT2D eigenvalue weighted by atomic mass is 9.71. The van der Waals surface area contributed by atoms with Crippen LogP contribution in [0.1, 0.15) is 98.5 Å². The normalized spacial score (nSPS) is 21.0. The van der Waals surface area contributed by atoms with Gasteiger partial charge in [0.25, 0.3) is 0 Å². The van der Waals surface area contributed by atoms with Crippen molar-refractivity contribution in [1.29, 1.82) is 0 Å². The highest BCUT2D eigenvalue weighted by atomic mass is 16.6. The van der Waals surface area contributed by atoms with E-state index in [9.17, 15) is 14.4 Å². The number of carbonyl (C=O) groups is 3. The second-order valence-corrected chi connectivity index (χ2v) is 13.1. The molecule has 5 rings (SSSR count). The van der Waals surface area contributed by atoms with Crippen molar-refractivity contribution in [1.82, 2.24) is 9.47 Å². The van der Waals surface area contributed by atoms with Gasteiger partial charge in [-0.15, -0.1) is 0 Å². The lowest BCUT2D eigenvalue weighted by molar-refractivity contribution is -0.129. The molecule has 1 aliphatic heterocycles. The summed E-state index contributed by atoms with van der Waals surface area (Å²) in [6.45, 7) is 11.5. The number of piperidine rings is 1. The first-order valence-electron chi connectivity index (χ1n) is 15.6. The van der Waals surface area contributed by atoms with Gasteiger partial charge in [0.15, 0.2) is 0 Å². The Balaban J connectivity index is 1.58. The first-order chi connectivity index (χ1) is 21.0. The molecule has 1 unspecified atom stereocenters. The Bertz CT molecular complexity index is 1580. The first kappa shape index (κ1) is 31.5. The number of benzene rings is 2. The Labute approximate surface area is 260 Å². The summed E-state index contributed by atoms with van der Waals surface area (Å²) < 4.78 is 17.8. The molecule has 1 saturated carbocycles. The smallest absolute Gasteiger partial charge is 0.418 e. The molecule has 44 heavy (non-hydrogen) atoms. The number of ether oxygens (including phenoxy) is 3. The fraction of sp³-hybridized carbons (Fsp3) is 0.472. The van der Waals surface area contributed by atoms with Crippen molar-refractivity contribution in [3.63, 3.8) is 0 Å². The minimum Gasteiger partial charge on any atom is -0.501 e. The lowest BCUT2D eigenvalue weighted by Crippen LogP contribution is -2.44. The molecule has 0 N–H and O–H groups in total. The summed E-state index contributed by atoms with van der Waals surface area (Å²) in [4.78, 5) is 41.0. The number of carbonyl (C=O) groups excluding carboxylic acids is 3. The maximum Gasteiger partial charge on any atom is 0.418 e. The van der Waals surface area contributed by atoms with Gasteiger partial charge in [-0.05, 0) is 113 Å². The topological polar surface area (TPSA) is 87.1 Å². The van der Waals surface area contributed by atoms with Crippen molar-refractivity contribution >= 4 is 34.8 Å². The van der Waals surface area contributed by atoms with Gasteiger partial charge in [0.1, 0.15) is 11.4 Å². The van der Waals surface area contributed by atoms with Gasteiger partial charge < -0.3 is 14.2 Å². The Hall–Kier alpha value is -3.91. The van der Waals surface area contributed by atoms with Gasteiger partial charge in [-0.3, -0.25) is 14.3 Å². The number of fused-ring (bicyclic) bond motifs is 1. The van der Waals surface area contributed by atoms with E-state index in [0.29, 0.717) is 30.9 Å². The Morgan fingerprint density at radius 2 is 1.86 bits per heavy atom. The minimum absolute atomic E-state index is 0.0227. The van der Waals surface area contributed by atoms with Crippen molar-refractivity contribution in [2.45, 2.75) is 84.9 Å². The molecule has 8 heteroatoms. The van der Waals surface area contributed by atoms with Gasteiger partial charge in [0.2, 0.25) is 0 Å². The standard InChI is InChI=1S/C36H44N2O6/c1-7-43-20-15-27-21-24(2)32-28(14-18-38(32)34(41)44-35(3,4)5)29(27)23-37-19-17-36(16-8-9-31(36)39)22-30(37)25-10-12-26(13-11-25)33(40)42-6/h10-15,18,20-21,30H,7-9,16-17,19,22-23H2,1-6H3/t30-,36?/m0/s1. The van der Waals surface area contributed by atoms with E-state index in [4.69, 9.17) is 14.2 Å². The summed E-state index contributed by atoms with van der Waals surface area (Å²) in [5.41, 5.74) is 4.51. The van der Waals surface area contributed by atoms with E-state index < -0.39 is 11.7 Å². The highest BCUT2D eigenvalue weighted by Crippen LogP contribution is 2.50. The molecule has 234 valence electrons. The Morgan fingerprint density at radius 3 is 2.50 bits per heavy atom. The third-order valence-corrected chi connectivity index (χ3v) is 9.04. The van der Waals surface area contributed by atoms with Crippen LogP contribution in [0.5, 0.6) is 0 Å². The van der Waals surface area contributed by atoms with Crippen LogP contribution in [0, 0.1) is 12.3 Å². The van der Waals surface area contributed by atoms with E-state index in [1.807, 2.05) is 58.9 Å². The van der Waals surface area contributed by atoms with Gasteiger partial charge in [0, 0.05) is 42.6 Å². The molecule has 2 aliphatic rings. The number of aryl methyl sites for hydroxylation is 1. The number of nitrogens with zero attached hydrogens (tertiary/aromatic N) is 2. The first-order valence-corrected chi connectivity index (χ1v) is 15.6. The maximum atomic E-state index is 13.2. The summed E-state index contributed by atoms with van der Waals surface area (Å²) in [5.74, 6) is 0.00240. The van der Waals surface area contributed by atoms with Gasteiger partial charge in [0.05, 0.1) is 31.1 Å². The Morgan fingerprint density at radius 1 is 1.11 bits per heavy atom. The van der Waals surface area contributed by atoms with Crippen molar-refractivity contribution in [3.8, 4) is 0 Å². The van der Waals surface area contributed by atoms with Gasteiger partial charge in [-0.2, -0.15) is 0 Å². The molecule has 0 bridgehead atoms. The largest absolute Gasteiger partial charge is 0.501 e. The SMILES string of the molecule is CCOC=Cc1cc(C)c2c(ccn2C(=O)OC(C)(C)C)c1CN1CCC2(CCCC2=O)C[C@H]1c1ccc(C(=O)OC)cc1. The number of esters is 1. The molecule has 2 heterocycles. The van der Waals surface area contributed by atoms with Crippen molar-refractivity contribution in [3.05, 3.63) is 76.7 Å². The number of rotatable bonds is 7. The van der Waals surface area contributed by atoms with E-state index in [0.717, 1.165) is 65.4 Å². The van der Waals surface area contributed by atoms with Crippen molar-refractivity contribution in [2.24, 2.45) is 5.41 Å². The van der Waals surface area contributed by atoms with E-state index >= 15 is 0 Å². The zero-order chi connectivity index (χ0) is 31.6. The number of likely N-dealkylation sites (tertiary alicyclic amines) is 1. The molecule has 2 fully saturated rings. The van der Waals surface area contributed by atoms with Gasteiger partial charge in [-0.1, -0.05) is 12.1 Å². The zero-order valence-corrected chi connectivity index (χ0v) is 26.8. The van der Waals surface area contributed by atoms with Crippen LogP contribution in [-0.4, -0.2) is 53.2 Å². The van der Waals surface area contributed by atoms with Crippen molar-refractivity contribution in [2.75, 3.05) is 20.3 Å². The monoisotopic (exact) mass is 600 g/mol. The highest BCUT2D eigenvalue weighted by molar-refractivity contribution is 5.95. The number of Topliss-reactive ketones (excluding diaryl/α,β-unsaturated/α-hetero) is 1.